The van der Waals surface area contributed by atoms with E-state index in [2.05, 4.69) is 41.5 Å². The van der Waals surface area contributed by atoms with Crippen molar-refractivity contribution in [2.75, 3.05) is 0 Å². The Balaban J connectivity index is 2.79. The lowest BCUT2D eigenvalue weighted by molar-refractivity contribution is 0.554. The van der Waals surface area contributed by atoms with Gasteiger partial charge in [0.2, 0.25) is 0 Å². The molecule has 0 N–H and O–H groups in total. The van der Waals surface area contributed by atoms with Gasteiger partial charge in [-0.05, 0) is 58.4 Å². The van der Waals surface area contributed by atoms with E-state index < -0.39 is 0 Å². The van der Waals surface area contributed by atoms with Gasteiger partial charge in [0.15, 0.2) is 0 Å². The van der Waals surface area contributed by atoms with Gasteiger partial charge in [-0.15, -0.1) is 0 Å². The summed E-state index contributed by atoms with van der Waals surface area (Å²) in [5.74, 6) is 0.903. The van der Waals surface area contributed by atoms with Crippen LogP contribution in [0, 0.1) is 5.82 Å². The van der Waals surface area contributed by atoms with Crippen molar-refractivity contribution in [3.63, 3.8) is 0 Å². The van der Waals surface area contributed by atoms with Crippen LogP contribution in [-0.2, 0) is 11.8 Å². The highest BCUT2D eigenvalue weighted by molar-refractivity contribution is 5.50. The molecule has 1 aliphatic carbocycles. The van der Waals surface area contributed by atoms with E-state index in [0.29, 0.717) is 11.8 Å². The molecule has 1 unspecified atom stereocenters. The number of hydrogen-bond acceptors (Lipinski definition) is 0. The van der Waals surface area contributed by atoms with Crippen molar-refractivity contribution in [3.8, 4) is 0 Å². The van der Waals surface area contributed by atoms with Gasteiger partial charge in [-0.25, -0.2) is 4.39 Å². The minimum atomic E-state index is 0.0195. The van der Waals surface area contributed by atoms with E-state index in [9.17, 15) is 4.39 Å². The molecule has 1 atom stereocenters. The van der Waals surface area contributed by atoms with E-state index in [-0.39, 0.29) is 11.2 Å². The molecule has 0 amide bonds. The smallest absolute Gasteiger partial charge is 0.126 e. The molecule has 1 heteroatoms. The maximum atomic E-state index is 14.3. The van der Waals surface area contributed by atoms with Crippen LogP contribution in [0.25, 0.3) is 0 Å². The van der Waals surface area contributed by atoms with Crippen molar-refractivity contribution in [1.82, 2.24) is 0 Å². The third kappa shape index (κ3) is 2.08. The SMILES string of the molecule is CC(C)c1cc(F)c2c(c1C(C)(C)C)C(C)CC2. The average molecular weight is 248 g/mol. The van der Waals surface area contributed by atoms with Crippen molar-refractivity contribution in [3.05, 3.63) is 34.1 Å². The molecule has 0 heterocycles. The summed E-state index contributed by atoms with van der Waals surface area (Å²) in [7, 11) is 0. The van der Waals surface area contributed by atoms with Crippen LogP contribution < -0.4 is 0 Å². The summed E-state index contributed by atoms with van der Waals surface area (Å²) in [6.45, 7) is 13.3. The van der Waals surface area contributed by atoms with Crippen molar-refractivity contribution in [1.29, 1.82) is 0 Å². The van der Waals surface area contributed by atoms with Crippen molar-refractivity contribution >= 4 is 0 Å². The number of fused-ring (bicyclic) bond motifs is 1. The van der Waals surface area contributed by atoms with E-state index in [4.69, 9.17) is 0 Å². The van der Waals surface area contributed by atoms with Gasteiger partial charge in [-0.1, -0.05) is 41.5 Å². The van der Waals surface area contributed by atoms with Gasteiger partial charge < -0.3 is 0 Å². The molecule has 0 fully saturated rings. The quantitative estimate of drug-likeness (QED) is 0.633. The summed E-state index contributed by atoms with van der Waals surface area (Å²) in [6, 6.07) is 1.79. The zero-order valence-corrected chi connectivity index (χ0v) is 12.5. The number of rotatable bonds is 1. The second kappa shape index (κ2) is 4.36. The zero-order valence-electron chi connectivity index (χ0n) is 12.5. The topological polar surface area (TPSA) is 0 Å². The van der Waals surface area contributed by atoms with E-state index in [1.54, 1.807) is 6.07 Å². The van der Waals surface area contributed by atoms with Crippen molar-refractivity contribution in [2.45, 2.75) is 71.6 Å². The standard InChI is InChI=1S/C17H25F/c1-10(2)13-9-14(18)12-8-7-11(3)15(12)16(13)17(4,5)6/h9-11H,7-8H2,1-6H3. The lowest BCUT2D eigenvalue weighted by atomic mass is 9.75. The van der Waals surface area contributed by atoms with Gasteiger partial charge in [0.25, 0.3) is 0 Å². The van der Waals surface area contributed by atoms with E-state index in [0.717, 1.165) is 18.4 Å². The molecular weight excluding hydrogens is 223 g/mol. The fourth-order valence-electron chi connectivity index (χ4n) is 3.33. The number of hydrogen-bond donors (Lipinski definition) is 0. The monoisotopic (exact) mass is 248 g/mol. The van der Waals surface area contributed by atoms with Crippen LogP contribution in [-0.4, -0.2) is 0 Å². The second-order valence-electron chi connectivity index (χ2n) is 7.06. The largest absolute Gasteiger partial charge is 0.207 e. The molecule has 0 spiro atoms. The summed E-state index contributed by atoms with van der Waals surface area (Å²) in [5.41, 5.74) is 4.99. The molecule has 2 rings (SSSR count). The summed E-state index contributed by atoms with van der Waals surface area (Å²) in [6.07, 6.45) is 2.00. The molecule has 1 aromatic carbocycles. The summed E-state index contributed by atoms with van der Waals surface area (Å²) < 4.78 is 14.3. The van der Waals surface area contributed by atoms with Crippen LogP contribution in [0.1, 0.15) is 82.1 Å². The minimum absolute atomic E-state index is 0.0195. The van der Waals surface area contributed by atoms with Crippen molar-refractivity contribution in [2.24, 2.45) is 0 Å². The molecule has 0 nitrogen and oxygen atoms in total. The average Bonchev–Trinajstić information content (AvgIpc) is 2.59. The Labute approximate surface area is 111 Å². The Morgan fingerprint density at radius 3 is 2.39 bits per heavy atom. The highest BCUT2D eigenvalue weighted by Gasteiger charge is 2.32. The van der Waals surface area contributed by atoms with Crippen LogP contribution >= 0.6 is 0 Å². The fraction of sp³-hybridized carbons (Fsp3) is 0.647. The molecular formula is C17H25F. The highest BCUT2D eigenvalue weighted by Crippen LogP contribution is 2.44. The first-order valence-electron chi connectivity index (χ1n) is 7.09. The van der Waals surface area contributed by atoms with Crippen LogP contribution in [0.15, 0.2) is 6.07 Å². The van der Waals surface area contributed by atoms with Crippen LogP contribution in [0.3, 0.4) is 0 Å². The molecule has 0 saturated carbocycles. The predicted molar refractivity (Wildman–Crippen MR) is 75.9 cm³/mol. The van der Waals surface area contributed by atoms with E-state index in [1.165, 1.54) is 16.7 Å². The molecule has 0 saturated heterocycles. The van der Waals surface area contributed by atoms with Crippen molar-refractivity contribution < 1.29 is 4.39 Å². The van der Waals surface area contributed by atoms with Gasteiger partial charge in [0, 0.05) is 0 Å². The van der Waals surface area contributed by atoms with Crippen LogP contribution in [0.4, 0.5) is 4.39 Å². The molecule has 1 aliphatic rings. The Bertz CT molecular complexity index is 463. The maximum Gasteiger partial charge on any atom is 0.126 e. The highest BCUT2D eigenvalue weighted by atomic mass is 19.1. The van der Waals surface area contributed by atoms with Crippen LogP contribution in [0.5, 0.6) is 0 Å². The Morgan fingerprint density at radius 2 is 1.89 bits per heavy atom. The van der Waals surface area contributed by atoms with Gasteiger partial charge in [0.05, 0.1) is 0 Å². The number of benzene rings is 1. The first-order valence-corrected chi connectivity index (χ1v) is 7.09. The first kappa shape index (κ1) is 13.6. The lowest BCUT2D eigenvalue weighted by Crippen LogP contribution is -2.19. The molecule has 0 bridgehead atoms. The lowest BCUT2D eigenvalue weighted by Gasteiger charge is -2.30. The first-order chi connectivity index (χ1) is 8.23. The molecule has 0 radical (unpaired) electrons. The minimum Gasteiger partial charge on any atom is -0.207 e. The summed E-state index contributed by atoms with van der Waals surface area (Å²) in [4.78, 5) is 0. The van der Waals surface area contributed by atoms with E-state index in [1.807, 2.05) is 0 Å². The fourth-order valence-corrected chi connectivity index (χ4v) is 3.33. The molecule has 100 valence electrons. The number of halogens is 1. The maximum absolute atomic E-state index is 14.3. The second-order valence-corrected chi connectivity index (χ2v) is 7.06. The summed E-state index contributed by atoms with van der Waals surface area (Å²) >= 11 is 0. The third-order valence-corrected chi connectivity index (χ3v) is 4.15. The molecule has 0 aromatic heterocycles. The van der Waals surface area contributed by atoms with Gasteiger partial charge >= 0.3 is 0 Å². The molecule has 1 aromatic rings. The van der Waals surface area contributed by atoms with Crippen LogP contribution in [0.2, 0.25) is 0 Å². The van der Waals surface area contributed by atoms with E-state index >= 15 is 0 Å². The van der Waals surface area contributed by atoms with Gasteiger partial charge in [0.1, 0.15) is 5.82 Å². The third-order valence-electron chi connectivity index (χ3n) is 4.15. The molecule has 18 heavy (non-hydrogen) atoms. The van der Waals surface area contributed by atoms with Gasteiger partial charge in [-0.2, -0.15) is 0 Å². The Hall–Kier alpha value is -0.850. The predicted octanol–water partition coefficient (Wildman–Crippen LogP) is 5.30. The molecule has 0 aliphatic heterocycles. The Kier molecular flexibility index (Phi) is 3.29. The van der Waals surface area contributed by atoms with Gasteiger partial charge in [-0.3, -0.25) is 0 Å². The normalized spacial score (nSPS) is 19.4. The summed E-state index contributed by atoms with van der Waals surface area (Å²) in [5, 5.41) is 0. The zero-order chi connectivity index (χ0) is 13.7. The Morgan fingerprint density at radius 1 is 1.28 bits per heavy atom.